The van der Waals surface area contributed by atoms with E-state index in [0.29, 0.717) is 38.8 Å². The third-order valence-corrected chi connectivity index (χ3v) is 10.9. The molecule has 1 aromatic carbocycles. The van der Waals surface area contributed by atoms with Gasteiger partial charge in [-0.1, -0.05) is 47.1 Å². The number of amides is 4. The number of nitrogens with one attached hydrogen (secondary N) is 2. The average molecular weight is 764 g/mol. The van der Waals surface area contributed by atoms with Gasteiger partial charge in [-0.3, -0.25) is 19.1 Å². The molecule has 1 saturated carbocycles. The monoisotopic (exact) mass is 763 g/mol. The van der Waals surface area contributed by atoms with Gasteiger partial charge < -0.3 is 30.2 Å². The van der Waals surface area contributed by atoms with Crippen LogP contribution in [0.15, 0.2) is 31.0 Å². The average Bonchev–Trinajstić information content (AvgIpc) is 3.95. The molecule has 3 atom stereocenters. The molecule has 0 spiro atoms. The molecule has 15 heteroatoms. The standard InChI is InChI=1S/C34H50N4O6.C4H7NO3S.2H2/c1-8-36-32(40)23(3)38(30(39)19-34(4,5)6)20-25-14-16-26-27-18-24(42-7)15-17-28(27)37-29(31(26)44-25)13-11-9-10-12-22(2)21-43-33(35)41;6-3-5-9(7,8)4-1-2-4;;/h8,15,17-18,22-23,25H,1,9-14,16,19-21H2,2-7H3,(H2,35,41)(H,36,40);3-4H,1-2H2,(H,5,6);2*1H/t22-,23-,25-;;;/m0.../s1. The fraction of sp³-hybridized carbons (Fsp3) is 0.605. The van der Waals surface area contributed by atoms with Crippen LogP contribution in [0.1, 0.15) is 100 Å². The number of nitrogens with two attached hydrogens (primary N) is 1. The number of methoxy groups -OCH3 is 1. The zero-order valence-electron chi connectivity index (χ0n) is 31.9. The van der Waals surface area contributed by atoms with E-state index in [2.05, 4.69) is 11.9 Å². The van der Waals surface area contributed by atoms with Crippen molar-refractivity contribution in [3.63, 3.8) is 0 Å². The van der Waals surface area contributed by atoms with Crippen molar-refractivity contribution in [2.24, 2.45) is 17.1 Å². The number of nitrogens with zero attached hydrogens (tertiary/aromatic N) is 2. The lowest BCUT2D eigenvalue weighted by Gasteiger charge is -2.36. The van der Waals surface area contributed by atoms with E-state index >= 15 is 0 Å². The molecule has 0 radical (unpaired) electrons. The summed E-state index contributed by atoms with van der Waals surface area (Å²) in [6.07, 6.45) is 8.23. The molecule has 1 aliphatic heterocycles. The Balaban J connectivity index is 0.00000120. The summed E-state index contributed by atoms with van der Waals surface area (Å²) in [6.45, 7) is 14.0. The first-order valence-electron chi connectivity index (χ1n) is 18.2. The van der Waals surface area contributed by atoms with Gasteiger partial charge >= 0.3 is 6.09 Å². The van der Waals surface area contributed by atoms with Crippen molar-refractivity contribution in [3.05, 3.63) is 42.2 Å². The summed E-state index contributed by atoms with van der Waals surface area (Å²) >= 11 is 0. The van der Waals surface area contributed by atoms with Crippen LogP contribution in [0.4, 0.5) is 4.79 Å². The van der Waals surface area contributed by atoms with Crippen LogP contribution < -0.4 is 25.2 Å². The van der Waals surface area contributed by atoms with Crippen molar-refractivity contribution >= 4 is 45.2 Å². The lowest BCUT2D eigenvalue weighted by Crippen LogP contribution is -2.51. The van der Waals surface area contributed by atoms with Crippen LogP contribution in [-0.2, 0) is 42.0 Å². The van der Waals surface area contributed by atoms with Crippen LogP contribution >= 0.6 is 0 Å². The van der Waals surface area contributed by atoms with E-state index in [1.54, 1.807) is 23.7 Å². The van der Waals surface area contributed by atoms with Crippen LogP contribution in [0.3, 0.4) is 0 Å². The first-order valence-corrected chi connectivity index (χ1v) is 19.8. The number of rotatable bonds is 18. The van der Waals surface area contributed by atoms with E-state index in [9.17, 15) is 27.6 Å². The lowest BCUT2D eigenvalue weighted by atomic mass is 9.91. The number of hydrogen-bond donors (Lipinski definition) is 3. The molecule has 2 aliphatic rings. The highest BCUT2D eigenvalue weighted by Crippen LogP contribution is 2.38. The highest BCUT2D eigenvalue weighted by molar-refractivity contribution is 7.90. The van der Waals surface area contributed by atoms with Gasteiger partial charge in [0.15, 0.2) is 0 Å². The molecule has 4 rings (SSSR count). The van der Waals surface area contributed by atoms with Crippen molar-refractivity contribution in [2.45, 2.75) is 116 Å². The van der Waals surface area contributed by atoms with Crippen molar-refractivity contribution < 1.29 is 44.7 Å². The Kier molecular flexibility index (Phi) is 15.9. The van der Waals surface area contributed by atoms with Gasteiger partial charge in [0.1, 0.15) is 23.6 Å². The van der Waals surface area contributed by atoms with Crippen molar-refractivity contribution in [1.82, 2.24) is 19.9 Å². The predicted octanol–water partition coefficient (Wildman–Crippen LogP) is 5.40. The molecule has 0 saturated heterocycles. The predicted molar refractivity (Wildman–Crippen MR) is 207 cm³/mol. The molecule has 2 aromatic rings. The number of carbonyl (C=O) groups is 4. The first kappa shape index (κ1) is 43.0. The van der Waals surface area contributed by atoms with Gasteiger partial charge in [0.2, 0.25) is 28.2 Å². The van der Waals surface area contributed by atoms with E-state index in [-0.39, 0.29) is 43.8 Å². The van der Waals surface area contributed by atoms with E-state index in [1.807, 2.05) is 45.9 Å². The summed E-state index contributed by atoms with van der Waals surface area (Å²) in [5, 5.41) is 3.33. The molecule has 0 bridgehead atoms. The van der Waals surface area contributed by atoms with Gasteiger partial charge in [0.05, 0.1) is 36.7 Å². The molecule has 298 valence electrons. The van der Waals surface area contributed by atoms with Crippen LogP contribution in [0, 0.1) is 11.3 Å². The molecule has 1 fully saturated rings. The zero-order chi connectivity index (χ0) is 39.3. The minimum Gasteiger partial charge on any atom is -0.497 e. The molecule has 1 aromatic heterocycles. The third-order valence-electron chi connectivity index (χ3n) is 9.11. The number of carbonyl (C=O) groups excluding carboxylic acids is 4. The largest absolute Gasteiger partial charge is 0.497 e. The molecular weight excluding hydrogens is 703 g/mol. The van der Waals surface area contributed by atoms with Crippen LogP contribution in [0.5, 0.6) is 11.5 Å². The van der Waals surface area contributed by atoms with Gasteiger partial charge in [-0.05, 0) is 87.6 Å². The second kappa shape index (κ2) is 19.6. The third kappa shape index (κ3) is 13.5. The number of ether oxygens (including phenoxy) is 3. The zero-order valence-corrected chi connectivity index (χ0v) is 32.8. The summed E-state index contributed by atoms with van der Waals surface area (Å²) in [5.41, 5.74) is 7.75. The highest BCUT2D eigenvalue weighted by atomic mass is 32.2. The molecule has 0 unspecified atom stereocenters. The number of sulfonamides is 1. The van der Waals surface area contributed by atoms with Crippen LogP contribution in [0.25, 0.3) is 10.9 Å². The maximum Gasteiger partial charge on any atom is 0.404 e. The van der Waals surface area contributed by atoms with E-state index in [0.717, 1.165) is 72.2 Å². The summed E-state index contributed by atoms with van der Waals surface area (Å²) in [6, 6.07) is 5.23. The van der Waals surface area contributed by atoms with Gasteiger partial charge in [-0.15, -0.1) is 0 Å². The van der Waals surface area contributed by atoms with E-state index in [4.69, 9.17) is 24.9 Å². The summed E-state index contributed by atoms with van der Waals surface area (Å²) in [7, 11) is -1.61. The topological polar surface area (TPSA) is 196 Å². The minimum absolute atomic E-state index is 0. The molecule has 4 N–H and O–H groups in total. The number of benzene rings is 1. The number of hydrogen-bond acceptors (Lipinski definition) is 10. The number of pyridine rings is 1. The van der Waals surface area contributed by atoms with Crippen molar-refractivity contribution in [3.8, 4) is 11.5 Å². The quantitative estimate of drug-likeness (QED) is 0.131. The number of fused-ring (bicyclic) bond motifs is 3. The summed E-state index contributed by atoms with van der Waals surface area (Å²) in [4.78, 5) is 53.4. The SMILES string of the molecule is C=CNC(=O)[C@H](C)N(C[C@@H]1CCc2c(c(CCCCC[C@H](C)COC(N)=O)nc3ccc(OC)cc23)O1)C(=O)CC(C)(C)C.O=CNS(=O)(=O)C1CC1.[HH].[HH]. The molecule has 1 aliphatic carbocycles. The lowest BCUT2D eigenvalue weighted by molar-refractivity contribution is -0.142. The fourth-order valence-corrected chi connectivity index (χ4v) is 7.20. The Bertz CT molecular complexity index is 1720. The second-order valence-corrected chi connectivity index (χ2v) is 17.0. The normalized spacial score (nSPS) is 16.4. The Morgan fingerprint density at radius 3 is 2.49 bits per heavy atom. The Morgan fingerprint density at radius 1 is 1.17 bits per heavy atom. The fourth-order valence-electron chi connectivity index (χ4n) is 6.11. The number of primary amides is 1. The molecule has 4 amide bonds. The van der Waals surface area contributed by atoms with Crippen LogP contribution in [-0.4, -0.2) is 80.3 Å². The van der Waals surface area contributed by atoms with E-state index in [1.165, 1.54) is 6.20 Å². The second-order valence-electron chi connectivity index (χ2n) is 15.0. The van der Waals surface area contributed by atoms with Crippen molar-refractivity contribution in [2.75, 3.05) is 20.3 Å². The van der Waals surface area contributed by atoms with Gasteiger partial charge in [0, 0.05) is 20.2 Å². The van der Waals surface area contributed by atoms with Gasteiger partial charge in [-0.25, -0.2) is 18.2 Å². The Hall–Kier alpha value is -4.40. The Labute approximate surface area is 316 Å². The minimum atomic E-state index is -3.26. The van der Waals surface area contributed by atoms with Gasteiger partial charge in [-0.2, -0.15) is 0 Å². The molecule has 53 heavy (non-hydrogen) atoms. The summed E-state index contributed by atoms with van der Waals surface area (Å²) < 4.78 is 40.2. The molecular formula is C38H61N5O9S. The summed E-state index contributed by atoms with van der Waals surface area (Å²) in [5.74, 6) is 1.40. The van der Waals surface area contributed by atoms with Crippen LogP contribution in [0.2, 0.25) is 0 Å². The first-order chi connectivity index (χ1) is 25.0. The number of aryl methyl sites for hydroxylation is 2. The smallest absolute Gasteiger partial charge is 0.404 e. The number of unbranched alkanes of at least 4 members (excludes halogenated alkanes) is 2. The van der Waals surface area contributed by atoms with Crippen molar-refractivity contribution in [1.29, 1.82) is 0 Å². The maximum absolute atomic E-state index is 13.5. The molecule has 14 nitrogen and oxygen atoms in total. The van der Waals surface area contributed by atoms with E-state index < -0.39 is 22.2 Å². The maximum atomic E-state index is 13.5. The number of aromatic nitrogens is 1. The van der Waals surface area contributed by atoms with Gasteiger partial charge in [0.25, 0.3) is 0 Å². The molecule has 2 heterocycles. The highest BCUT2D eigenvalue weighted by Gasteiger charge is 2.35. The Morgan fingerprint density at radius 2 is 1.89 bits per heavy atom.